The molecule has 6 nitrogen and oxygen atoms in total. The van der Waals surface area contributed by atoms with E-state index in [1.807, 2.05) is 30.3 Å². The molecular weight excluding hydrogens is 384 g/mol. The third-order valence-corrected chi connectivity index (χ3v) is 5.62. The predicted molar refractivity (Wildman–Crippen MR) is 114 cm³/mol. The molecule has 2 aromatic carbocycles. The van der Waals surface area contributed by atoms with E-state index in [-0.39, 0.29) is 17.7 Å². The lowest BCUT2D eigenvalue weighted by atomic mass is 9.96. The maximum atomic E-state index is 12.8. The molecule has 148 valence electrons. The number of rotatable bonds is 4. The Kier molecular flexibility index (Phi) is 5.67. The van der Waals surface area contributed by atoms with E-state index in [4.69, 9.17) is 0 Å². The van der Waals surface area contributed by atoms with Gasteiger partial charge >= 0.3 is 0 Å². The summed E-state index contributed by atoms with van der Waals surface area (Å²) in [6, 6.07) is 16.1. The van der Waals surface area contributed by atoms with Gasteiger partial charge in [-0.05, 0) is 43.0 Å². The van der Waals surface area contributed by atoms with Gasteiger partial charge < -0.3 is 10.2 Å². The minimum Gasteiger partial charge on any atom is -0.336 e. The molecule has 1 aliphatic rings. The van der Waals surface area contributed by atoms with Crippen LogP contribution in [0.1, 0.15) is 28.9 Å². The van der Waals surface area contributed by atoms with Crippen molar-refractivity contribution in [1.29, 1.82) is 0 Å². The van der Waals surface area contributed by atoms with Crippen molar-refractivity contribution in [2.45, 2.75) is 19.8 Å². The van der Waals surface area contributed by atoms with Crippen LogP contribution in [-0.4, -0.2) is 38.6 Å². The number of aromatic nitrogens is 2. The van der Waals surface area contributed by atoms with Gasteiger partial charge in [-0.15, -0.1) is 0 Å². The van der Waals surface area contributed by atoms with Gasteiger partial charge in [0.2, 0.25) is 5.91 Å². The summed E-state index contributed by atoms with van der Waals surface area (Å²) in [6.07, 6.45) is 3.04. The highest BCUT2D eigenvalue weighted by Crippen LogP contribution is 2.25. The molecule has 0 unspecified atom stereocenters. The summed E-state index contributed by atoms with van der Waals surface area (Å²) in [5.41, 5.74) is 4.48. The number of hydrogen-bond donors (Lipinski definition) is 1. The fourth-order valence-electron chi connectivity index (χ4n) is 3.64. The number of piperidine rings is 1. The van der Waals surface area contributed by atoms with Gasteiger partial charge in [-0.3, -0.25) is 9.59 Å². The monoisotopic (exact) mass is 406 g/mol. The summed E-state index contributed by atoms with van der Waals surface area (Å²) in [5.74, 6) is -0.445. The summed E-state index contributed by atoms with van der Waals surface area (Å²) in [5, 5.41) is 3.03. The first-order chi connectivity index (χ1) is 14.1. The Morgan fingerprint density at radius 1 is 1.14 bits per heavy atom. The lowest BCUT2D eigenvalue weighted by Gasteiger charge is -2.31. The number of carbonyl (C=O) groups excluding carboxylic acids is 2. The van der Waals surface area contributed by atoms with Crippen molar-refractivity contribution in [3.8, 4) is 11.1 Å². The molecule has 2 amide bonds. The van der Waals surface area contributed by atoms with Gasteiger partial charge in [-0.2, -0.15) is 8.75 Å². The quantitative estimate of drug-likeness (QED) is 0.710. The zero-order valence-corrected chi connectivity index (χ0v) is 17.0. The smallest absolute Gasteiger partial charge is 0.275 e. The molecule has 1 fully saturated rings. The second-order valence-electron chi connectivity index (χ2n) is 7.32. The highest BCUT2D eigenvalue weighted by molar-refractivity contribution is 6.99. The number of carbonyl (C=O) groups is 2. The topological polar surface area (TPSA) is 75.2 Å². The lowest BCUT2D eigenvalue weighted by Crippen LogP contribution is -2.43. The van der Waals surface area contributed by atoms with Crippen molar-refractivity contribution in [1.82, 2.24) is 13.6 Å². The van der Waals surface area contributed by atoms with Crippen LogP contribution in [0.25, 0.3) is 11.1 Å². The zero-order valence-electron chi connectivity index (χ0n) is 16.2. The summed E-state index contributed by atoms with van der Waals surface area (Å²) in [7, 11) is 0. The lowest BCUT2D eigenvalue weighted by molar-refractivity contribution is -0.121. The summed E-state index contributed by atoms with van der Waals surface area (Å²) in [4.78, 5) is 27.1. The SMILES string of the molecule is Cc1cccc(-c2cccc(NC(=O)[C@@H]3CCCN(C(=O)c4cnsn4)C3)c2)c1. The van der Waals surface area contributed by atoms with Gasteiger partial charge in [0.25, 0.3) is 5.91 Å². The average Bonchev–Trinajstić information content (AvgIpc) is 3.28. The molecule has 1 atom stereocenters. The Balaban J connectivity index is 1.44. The van der Waals surface area contributed by atoms with E-state index in [1.54, 1.807) is 4.90 Å². The van der Waals surface area contributed by atoms with Crippen LogP contribution in [-0.2, 0) is 4.79 Å². The molecule has 29 heavy (non-hydrogen) atoms. The van der Waals surface area contributed by atoms with E-state index in [1.165, 1.54) is 11.8 Å². The van der Waals surface area contributed by atoms with Crippen molar-refractivity contribution in [3.63, 3.8) is 0 Å². The predicted octanol–water partition coefficient (Wildman–Crippen LogP) is 4.00. The summed E-state index contributed by atoms with van der Waals surface area (Å²) in [6.45, 7) is 3.11. The van der Waals surface area contributed by atoms with Crippen LogP contribution in [0, 0.1) is 12.8 Å². The van der Waals surface area contributed by atoms with Crippen LogP contribution in [0.15, 0.2) is 54.7 Å². The molecule has 0 bridgehead atoms. The first kappa shape index (κ1) is 19.3. The Bertz CT molecular complexity index is 1020. The average molecular weight is 407 g/mol. The Morgan fingerprint density at radius 3 is 2.69 bits per heavy atom. The van der Waals surface area contributed by atoms with Gasteiger partial charge in [0.1, 0.15) is 0 Å². The first-order valence-electron chi connectivity index (χ1n) is 9.65. The molecule has 0 aliphatic carbocycles. The van der Waals surface area contributed by atoms with E-state index >= 15 is 0 Å². The molecule has 1 saturated heterocycles. The van der Waals surface area contributed by atoms with Gasteiger partial charge in [0, 0.05) is 18.8 Å². The van der Waals surface area contributed by atoms with Gasteiger partial charge in [0.15, 0.2) is 5.69 Å². The molecule has 2 heterocycles. The van der Waals surface area contributed by atoms with Crippen LogP contribution in [0.5, 0.6) is 0 Å². The zero-order chi connectivity index (χ0) is 20.2. The summed E-state index contributed by atoms with van der Waals surface area (Å²) < 4.78 is 7.90. The first-order valence-corrected chi connectivity index (χ1v) is 10.4. The molecule has 3 aromatic rings. The Hall–Kier alpha value is -3.06. The number of nitrogens with one attached hydrogen (secondary N) is 1. The number of hydrogen-bond acceptors (Lipinski definition) is 5. The van der Waals surface area contributed by atoms with Crippen LogP contribution in [0.2, 0.25) is 0 Å². The maximum absolute atomic E-state index is 12.8. The summed E-state index contributed by atoms with van der Waals surface area (Å²) >= 11 is 1.01. The number of benzene rings is 2. The van der Waals surface area contributed by atoms with Crippen molar-refractivity contribution in [2.75, 3.05) is 18.4 Å². The normalized spacial score (nSPS) is 16.4. The van der Waals surface area contributed by atoms with Crippen molar-refractivity contribution < 1.29 is 9.59 Å². The van der Waals surface area contributed by atoms with Gasteiger partial charge in [-0.25, -0.2) is 0 Å². The third kappa shape index (κ3) is 4.51. The van der Waals surface area contributed by atoms with Crippen LogP contribution >= 0.6 is 11.7 Å². The number of nitrogens with zero attached hydrogens (tertiary/aromatic N) is 3. The van der Waals surface area contributed by atoms with Gasteiger partial charge in [-0.1, -0.05) is 42.0 Å². The number of likely N-dealkylation sites (tertiary alicyclic amines) is 1. The molecule has 1 aliphatic heterocycles. The molecule has 7 heteroatoms. The highest BCUT2D eigenvalue weighted by Gasteiger charge is 2.29. The molecule has 4 rings (SSSR count). The maximum Gasteiger partial charge on any atom is 0.275 e. The molecule has 0 spiro atoms. The molecule has 0 saturated carbocycles. The fraction of sp³-hybridized carbons (Fsp3) is 0.273. The van der Waals surface area contributed by atoms with Crippen LogP contribution < -0.4 is 5.32 Å². The second kappa shape index (κ2) is 8.53. The Morgan fingerprint density at radius 2 is 1.93 bits per heavy atom. The largest absolute Gasteiger partial charge is 0.336 e. The van der Waals surface area contributed by atoms with Crippen molar-refractivity contribution in [3.05, 3.63) is 66.0 Å². The highest BCUT2D eigenvalue weighted by atomic mass is 32.1. The van der Waals surface area contributed by atoms with Crippen LogP contribution in [0.4, 0.5) is 5.69 Å². The second-order valence-corrected chi connectivity index (χ2v) is 7.88. The van der Waals surface area contributed by atoms with E-state index in [2.05, 4.69) is 39.2 Å². The fourth-order valence-corrected chi connectivity index (χ4v) is 4.05. The van der Waals surface area contributed by atoms with Crippen molar-refractivity contribution in [2.24, 2.45) is 5.92 Å². The molecule has 1 N–H and O–H groups in total. The molecular formula is C22H22N4O2S. The molecule has 0 radical (unpaired) electrons. The number of aryl methyl sites for hydroxylation is 1. The minimum atomic E-state index is -0.234. The van der Waals surface area contributed by atoms with Gasteiger partial charge in [0.05, 0.1) is 23.8 Å². The van der Waals surface area contributed by atoms with Crippen molar-refractivity contribution >= 4 is 29.2 Å². The van der Waals surface area contributed by atoms with E-state index in [9.17, 15) is 9.59 Å². The van der Waals surface area contributed by atoms with E-state index < -0.39 is 0 Å². The number of amides is 2. The third-order valence-electron chi connectivity index (χ3n) is 5.14. The van der Waals surface area contributed by atoms with Crippen LogP contribution in [0.3, 0.4) is 0 Å². The Labute approximate surface area is 173 Å². The van der Waals surface area contributed by atoms with E-state index in [0.29, 0.717) is 18.8 Å². The van der Waals surface area contributed by atoms with E-state index in [0.717, 1.165) is 41.4 Å². The number of anilines is 1. The standard InChI is InChI=1S/C22H22N4O2S/c1-15-5-2-6-16(11-15)17-7-3-9-19(12-17)24-21(27)18-8-4-10-26(14-18)22(28)20-13-23-29-25-20/h2-3,5-7,9,11-13,18H,4,8,10,14H2,1H3,(H,24,27)/t18-/m1/s1. The molecule has 1 aromatic heterocycles. The minimum absolute atomic E-state index is 0.0553.